The number of hydrogen-bond acceptors (Lipinski definition) is 4. The molecule has 0 saturated heterocycles. The van der Waals surface area contributed by atoms with E-state index in [1.54, 1.807) is 60.7 Å². The van der Waals surface area contributed by atoms with Crippen LogP contribution in [0.1, 0.15) is 26.3 Å². The molecule has 1 heterocycles. The molecule has 0 fully saturated rings. The number of halogens is 2. The molecule has 3 aromatic rings. The highest BCUT2D eigenvalue weighted by atomic mass is 79.9. The SMILES string of the molecule is O=C(Nc1ccc(Br)cc1C(=O)c1ccccc1Cl)c1ccc2c(c1)OCCO2. The summed E-state index contributed by atoms with van der Waals surface area (Å²) in [6.07, 6.45) is 0. The van der Waals surface area contributed by atoms with Crippen LogP contribution in [0.15, 0.2) is 65.1 Å². The van der Waals surface area contributed by atoms with Gasteiger partial charge in [-0.25, -0.2) is 0 Å². The van der Waals surface area contributed by atoms with E-state index >= 15 is 0 Å². The number of carbonyl (C=O) groups excluding carboxylic acids is 2. The molecule has 3 aromatic carbocycles. The molecule has 7 heteroatoms. The lowest BCUT2D eigenvalue weighted by Gasteiger charge is -2.19. The average molecular weight is 473 g/mol. The van der Waals surface area contributed by atoms with E-state index in [2.05, 4.69) is 21.2 Å². The zero-order valence-corrected chi connectivity index (χ0v) is 17.4. The second-order valence-electron chi connectivity index (χ2n) is 6.31. The van der Waals surface area contributed by atoms with Crippen LogP contribution in [0.2, 0.25) is 5.02 Å². The van der Waals surface area contributed by atoms with Gasteiger partial charge in [-0.2, -0.15) is 0 Å². The van der Waals surface area contributed by atoms with Gasteiger partial charge >= 0.3 is 0 Å². The molecule has 0 spiro atoms. The highest BCUT2D eigenvalue weighted by Crippen LogP contribution is 2.32. The van der Waals surface area contributed by atoms with Gasteiger partial charge in [0.05, 0.1) is 10.7 Å². The van der Waals surface area contributed by atoms with Crippen molar-refractivity contribution in [2.24, 2.45) is 0 Å². The van der Waals surface area contributed by atoms with Gasteiger partial charge in [0.2, 0.25) is 0 Å². The Hall–Kier alpha value is -2.83. The van der Waals surface area contributed by atoms with E-state index in [1.165, 1.54) is 0 Å². The standard InChI is InChI=1S/C22H15BrClNO4/c23-14-6-7-18(16(12-14)21(26)15-3-1-2-4-17(15)24)25-22(27)13-5-8-19-20(11-13)29-10-9-28-19/h1-8,11-12H,9-10H2,(H,25,27). The number of anilines is 1. The van der Waals surface area contributed by atoms with Gasteiger partial charge in [0.15, 0.2) is 17.3 Å². The molecule has 0 aromatic heterocycles. The number of benzene rings is 3. The fourth-order valence-corrected chi connectivity index (χ4v) is 3.57. The number of carbonyl (C=O) groups is 2. The van der Waals surface area contributed by atoms with Gasteiger partial charge in [0.25, 0.3) is 5.91 Å². The third kappa shape index (κ3) is 4.13. The van der Waals surface area contributed by atoms with Crippen molar-refractivity contribution in [3.8, 4) is 11.5 Å². The lowest BCUT2D eigenvalue weighted by molar-refractivity contribution is 0.102. The van der Waals surface area contributed by atoms with Crippen LogP contribution in [0.25, 0.3) is 0 Å². The van der Waals surface area contributed by atoms with Crippen LogP contribution in [0.4, 0.5) is 5.69 Å². The van der Waals surface area contributed by atoms with Crippen molar-refractivity contribution in [1.82, 2.24) is 0 Å². The summed E-state index contributed by atoms with van der Waals surface area (Å²) in [5.41, 5.74) is 1.48. The van der Waals surface area contributed by atoms with E-state index in [0.717, 1.165) is 0 Å². The van der Waals surface area contributed by atoms with Crippen LogP contribution in [0.3, 0.4) is 0 Å². The van der Waals surface area contributed by atoms with Crippen molar-refractivity contribution in [1.29, 1.82) is 0 Å². The Morgan fingerprint density at radius 3 is 2.45 bits per heavy atom. The number of ketones is 1. The second kappa shape index (κ2) is 8.27. The Labute approximate surface area is 180 Å². The normalized spacial score (nSPS) is 12.3. The van der Waals surface area contributed by atoms with Crippen LogP contribution in [0, 0.1) is 0 Å². The van der Waals surface area contributed by atoms with E-state index in [0.29, 0.717) is 56.6 Å². The summed E-state index contributed by atoms with van der Waals surface area (Å²) in [5, 5.41) is 3.16. The predicted octanol–water partition coefficient (Wildman–Crippen LogP) is 5.36. The molecular formula is C22H15BrClNO4. The molecule has 0 aliphatic carbocycles. The van der Waals surface area contributed by atoms with Crippen molar-refractivity contribution >= 4 is 44.9 Å². The summed E-state index contributed by atoms with van der Waals surface area (Å²) in [7, 11) is 0. The Bertz CT molecular complexity index is 1120. The Morgan fingerprint density at radius 1 is 0.897 bits per heavy atom. The van der Waals surface area contributed by atoms with E-state index in [-0.39, 0.29) is 11.7 Å². The van der Waals surface area contributed by atoms with Crippen molar-refractivity contribution < 1.29 is 19.1 Å². The number of hydrogen-bond donors (Lipinski definition) is 1. The van der Waals surface area contributed by atoms with Gasteiger partial charge in [-0.05, 0) is 48.5 Å². The van der Waals surface area contributed by atoms with Crippen LogP contribution in [0.5, 0.6) is 11.5 Å². The summed E-state index contributed by atoms with van der Waals surface area (Å²) < 4.78 is 11.7. The maximum absolute atomic E-state index is 13.1. The van der Waals surface area contributed by atoms with Gasteiger partial charge in [-0.15, -0.1) is 0 Å². The molecule has 4 rings (SSSR count). The first kappa shape index (κ1) is 19.5. The smallest absolute Gasteiger partial charge is 0.255 e. The summed E-state index contributed by atoms with van der Waals surface area (Å²) >= 11 is 9.56. The maximum Gasteiger partial charge on any atom is 0.255 e. The molecule has 0 bridgehead atoms. The fraction of sp³-hybridized carbons (Fsp3) is 0.0909. The van der Waals surface area contributed by atoms with Crippen LogP contribution >= 0.6 is 27.5 Å². The molecule has 1 amide bonds. The third-order valence-electron chi connectivity index (χ3n) is 4.40. The molecule has 5 nitrogen and oxygen atoms in total. The number of ether oxygens (including phenoxy) is 2. The molecule has 0 atom stereocenters. The molecule has 146 valence electrons. The third-order valence-corrected chi connectivity index (χ3v) is 5.22. The molecule has 29 heavy (non-hydrogen) atoms. The monoisotopic (exact) mass is 471 g/mol. The highest BCUT2D eigenvalue weighted by molar-refractivity contribution is 9.10. The largest absolute Gasteiger partial charge is 0.486 e. The summed E-state index contributed by atoms with van der Waals surface area (Å²) in [5.74, 6) is 0.477. The molecule has 1 aliphatic rings. The second-order valence-corrected chi connectivity index (χ2v) is 7.63. The minimum Gasteiger partial charge on any atom is -0.486 e. The number of fused-ring (bicyclic) bond motifs is 1. The average Bonchev–Trinajstić information content (AvgIpc) is 2.74. The number of nitrogens with one attached hydrogen (secondary N) is 1. The van der Waals surface area contributed by atoms with E-state index in [9.17, 15) is 9.59 Å². The lowest BCUT2D eigenvalue weighted by Crippen LogP contribution is -2.18. The zero-order valence-electron chi connectivity index (χ0n) is 15.1. The first-order chi connectivity index (χ1) is 14.0. The molecule has 1 N–H and O–H groups in total. The fourth-order valence-electron chi connectivity index (χ4n) is 2.98. The topological polar surface area (TPSA) is 64.6 Å². The molecule has 1 aliphatic heterocycles. The summed E-state index contributed by atoms with van der Waals surface area (Å²) in [4.78, 5) is 25.9. The van der Waals surface area contributed by atoms with Crippen molar-refractivity contribution in [3.05, 3.63) is 86.8 Å². The first-order valence-electron chi connectivity index (χ1n) is 8.83. The predicted molar refractivity (Wildman–Crippen MR) is 114 cm³/mol. The van der Waals surface area contributed by atoms with E-state index < -0.39 is 0 Å². The van der Waals surface area contributed by atoms with Gasteiger partial charge in [-0.1, -0.05) is 39.7 Å². The van der Waals surface area contributed by atoms with Crippen LogP contribution in [-0.2, 0) is 0 Å². The van der Waals surface area contributed by atoms with Crippen molar-refractivity contribution in [2.75, 3.05) is 18.5 Å². The zero-order chi connectivity index (χ0) is 20.4. The van der Waals surface area contributed by atoms with Crippen molar-refractivity contribution in [3.63, 3.8) is 0 Å². The highest BCUT2D eigenvalue weighted by Gasteiger charge is 2.20. The molecular weight excluding hydrogens is 458 g/mol. The van der Waals surface area contributed by atoms with Crippen molar-refractivity contribution in [2.45, 2.75) is 0 Å². The summed E-state index contributed by atoms with van der Waals surface area (Å²) in [6, 6.07) is 16.8. The van der Waals surface area contributed by atoms with Gasteiger partial charge in [0.1, 0.15) is 13.2 Å². The number of amides is 1. The minimum absolute atomic E-state index is 0.283. The summed E-state index contributed by atoms with van der Waals surface area (Å²) in [6.45, 7) is 0.909. The lowest BCUT2D eigenvalue weighted by atomic mass is 10.0. The molecule has 0 radical (unpaired) electrons. The van der Waals surface area contributed by atoms with Crippen LogP contribution < -0.4 is 14.8 Å². The van der Waals surface area contributed by atoms with Gasteiger partial charge in [0, 0.05) is 21.2 Å². The minimum atomic E-state index is -0.363. The van der Waals surface area contributed by atoms with Gasteiger partial charge < -0.3 is 14.8 Å². The van der Waals surface area contributed by atoms with Gasteiger partial charge in [-0.3, -0.25) is 9.59 Å². The van der Waals surface area contributed by atoms with Crippen LogP contribution in [-0.4, -0.2) is 24.9 Å². The molecule has 0 saturated carbocycles. The Morgan fingerprint density at radius 2 is 1.66 bits per heavy atom. The first-order valence-corrected chi connectivity index (χ1v) is 10.00. The van der Waals surface area contributed by atoms with E-state index in [1.807, 2.05) is 0 Å². The molecule has 0 unspecified atom stereocenters. The Balaban J connectivity index is 1.65. The quantitative estimate of drug-likeness (QED) is 0.519. The maximum atomic E-state index is 13.1. The Kier molecular flexibility index (Phi) is 5.56. The number of rotatable bonds is 4. The van der Waals surface area contributed by atoms with E-state index in [4.69, 9.17) is 21.1 Å².